The molecule has 0 heterocycles. The number of hydrogen-bond donors (Lipinski definition) is 5. The van der Waals surface area contributed by atoms with Gasteiger partial charge in [-0.2, -0.15) is 0 Å². The van der Waals surface area contributed by atoms with E-state index in [1.54, 1.807) is 45.0 Å². The first-order valence-electron chi connectivity index (χ1n) is 17.6. The fraction of sp³-hybridized carbons (Fsp3) is 0.579. The molecule has 1 fully saturated rings. The van der Waals surface area contributed by atoms with Crippen LogP contribution in [0.2, 0.25) is 0 Å². The number of ether oxygens (including phenoxy) is 2. The van der Waals surface area contributed by atoms with E-state index in [0.29, 0.717) is 12.0 Å². The van der Waals surface area contributed by atoms with E-state index in [-0.39, 0.29) is 31.8 Å². The van der Waals surface area contributed by atoms with Crippen LogP contribution in [0.25, 0.3) is 0 Å². The highest BCUT2D eigenvalue weighted by atomic mass is 16.6. The molecule has 270 valence electrons. The van der Waals surface area contributed by atoms with Crippen LogP contribution in [0.15, 0.2) is 60.7 Å². The van der Waals surface area contributed by atoms with Crippen molar-refractivity contribution in [3.05, 3.63) is 71.8 Å². The quantitative estimate of drug-likeness (QED) is 0.117. The number of ketones is 1. The highest BCUT2D eigenvalue weighted by Gasteiger charge is 2.48. The first-order valence-corrected chi connectivity index (χ1v) is 17.6. The van der Waals surface area contributed by atoms with Gasteiger partial charge in [-0.3, -0.25) is 9.59 Å². The summed E-state index contributed by atoms with van der Waals surface area (Å²) >= 11 is 0. The van der Waals surface area contributed by atoms with Gasteiger partial charge in [-0.05, 0) is 50.7 Å². The zero-order valence-electron chi connectivity index (χ0n) is 29.5. The van der Waals surface area contributed by atoms with Gasteiger partial charge in [0.2, 0.25) is 5.91 Å². The van der Waals surface area contributed by atoms with Gasteiger partial charge < -0.3 is 36.7 Å². The van der Waals surface area contributed by atoms with Gasteiger partial charge in [-0.15, -0.1) is 0 Å². The molecule has 4 atom stereocenters. The number of unbranched alkanes of at least 4 members (excludes halogenated alkanes) is 1. The number of carbonyl (C=O) groups is 4. The van der Waals surface area contributed by atoms with Crippen molar-refractivity contribution in [3.63, 3.8) is 0 Å². The van der Waals surface area contributed by atoms with Crippen LogP contribution in [-0.2, 0) is 36.9 Å². The van der Waals surface area contributed by atoms with E-state index in [1.165, 1.54) is 0 Å². The molecule has 0 aromatic heterocycles. The largest absolute Gasteiger partial charge is 0.458 e. The lowest BCUT2D eigenvalue weighted by Gasteiger charge is -2.37. The SMILES string of the molecule is CCCC[C@H](NC(=O)[C@H](Cc1ccccc1)NC(=O)OC(C)(C)C)C(=O)[C@@H](CC1CCCCC1)[C@@H](O)C(N)(N)C(=O)OCc1ccccc1. The Hall–Kier alpha value is -3.80. The minimum atomic E-state index is -2.39. The molecule has 7 N–H and O–H groups in total. The number of aliphatic hydroxyl groups is 1. The molecule has 0 bridgehead atoms. The van der Waals surface area contributed by atoms with E-state index < -0.39 is 59.1 Å². The van der Waals surface area contributed by atoms with Gasteiger partial charge in [0.1, 0.15) is 24.4 Å². The Kier molecular flexibility index (Phi) is 15.2. The third-order valence-electron chi connectivity index (χ3n) is 8.91. The summed E-state index contributed by atoms with van der Waals surface area (Å²) in [6, 6.07) is 16.1. The van der Waals surface area contributed by atoms with Crippen LogP contribution in [0.1, 0.15) is 96.6 Å². The molecule has 11 nitrogen and oxygen atoms in total. The smallest absolute Gasteiger partial charge is 0.408 e. The van der Waals surface area contributed by atoms with E-state index in [0.717, 1.165) is 44.1 Å². The second kappa shape index (κ2) is 18.8. The Bertz CT molecular complexity index is 1340. The van der Waals surface area contributed by atoms with Crippen molar-refractivity contribution in [2.75, 3.05) is 0 Å². The summed E-state index contributed by atoms with van der Waals surface area (Å²) in [6.45, 7) is 7.03. The normalized spacial score (nSPS) is 16.5. The third kappa shape index (κ3) is 12.9. The predicted molar refractivity (Wildman–Crippen MR) is 188 cm³/mol. The molecule has 2 amide bonds. The monoisotopic (exact) mass is 680 g/mol. The van der Waals surface area contributed by atoms with Crippen molar-refractivity contribution in [2.24, 2.45) is 23.3 Å². The van der Waals surface area contributed by atoms with Gasteiger partial charge in [0.05, 0.1) is 6.04 Å². The molecule has 0 radical (unpaired) electrons. The summed E-state index contributed by atoms with van der Waals surface area (Å²) in [5.41, 5.74) is 10.9. The number of carbonyl (C=O) groups excluding carboxylic acids is 4. The molecular weight excluding hydrogens is 624 g/mol. The molecule has 3 rings (SSSR count). The molecule has 49 heavy (non-hydrogen) atoms. The highest BCUT2D eigenvalue weighted by Crippen LogP contribution is 2.33. The van der Waals surface area contributed by atoms with Crippen LogP contribution < -0.4 is 22.1 Å². The molecule has 1 saturated carbocycles. The lowest BCUT2D eigenvalue weighted by molar-refractivity contribution is -0.159. The average Bonchev–Trinajstić information content (AvgIpc) is 3.07. The van der Waals surface area contributed by atoms with Crippen LogP contribution >= 0.6 is 0 Å². The van der Waals surface area contributed by atoms with Crippen molar-refractivity contribution in [3.8, 4) is 0 Å². The first-order chi connectivity index (χ1) is 23.2. The summed E-state index contributed by atoms with van der Waals surface area (Å²) in [5.74, 6) is -3.13. The highest BCUT2D eigenvalue weighted by molar-refractivity contribution is 5.94. The molecular formula is C38H56N4O7. The van der Waals surface area contributed by atoms with Gasteiger partial charge in [0, 0.05) is 12.3 Å². The maximum Gasteiger partial charge on any atom is 0.408 e. The molecule has 2 aromatic rings. The predicted octanol–water partition coefficient (Wildman–Crippen LogP) is 4.67. The molecule has 2 aromatic carbocycles. The summed E-state index contributed by atoms with van der Waals surface area (Å²) in [7, 11) is 0. The second-order valence-corrected chi connectivity index (χ2v) is 14.3. The molecule has 0 saturated heterocycles. The van der Waals surface area contributed by atoms with Gasteiger partial charge in [0.15, 0.2) is 11.4 Å². The number of amides is 2. The molecule has 0 aliphatic heterocycles. The topological polar surface area (TPSA) is 183 Å². The van der Waals surface area contributed by atoms with E-state index in [1.807, 2.05) is 43.3 Å². The first kappa shape index (κ1) is 39.6. The second-order valence-electron chi connectivity index (χ2n) is 14.3. The Morgan fingerprint density at radius 1 is 0.878 bits per heavy atom. The molecule has 1 aliphatic rings. The minimum absolute atomic E-state index is 0.105. The van der Waals surface area contributed by atoms with Crippen LogP contribution in [0.3, 0.4) is 0 Å². The van der Waals surface area contributed by atoms with E-state index >= 15 is 0 Å². The van der Waals surface area contributed by atoms with Gasteiger partial charge in [-0.25, -0.2) is 9.59 Å². The number of hydrogen-bond acceptors (Lipinski definition) is 9. The lowest BCUT2D eigenvalue weighted by Crippen LogP contribution is -2.68. The summed E-state index contributed by atoms with van der Waals surface area (Å²) in [4.78, 5) is 54.4. The standard InChI is InChI=1S/C38H56N4O7/c1-5-6-22-30(41-34(45)31(24-27-18-12-8-13-19-27)42-36(47)49-37(2,3)4)32(43)29(23-26-16-10-7-11-17-26)33(44)38(39,40)35(46)48-25-28-20-14-9-15-21-28/h8-9,12-15,18-21,26,29-31,33,44H,5-7,10-11,16-17,22-25,39-40H2,1-4H3,(H,41,45)(H,42,47)/t29-,30+,31+,33-/m1/s1. The summed E-state index contributed by atoms with van der Waals surface area (Å²) in [5, 5.41) is 17.2. The number of benzene rings is 2. The minimum Gasteiger partial charge on any atom is -0.458 e. The van der Waals surface area contributed by atoms with E-state index in [9.17, 15) is 24.3 Å². The van der Waals surface area contributed by atoms with Crippen LogP contribution in [-0.4, -0.2) is 58.3 Å². The van der Waals surface area contributed by atoms with Crippen LogP contribution in [0, 0.1) is 11.8 Å². The molecule has 1 aliphatic carbocycles. The number of Topliss-reactive ketones (excluding diaryl/α,β-unsaturated/α-hetero) is 1. The Labute approximate surface area is 290 Å². The zero-order valence-corrected chi connectivity index (χ0v) is 29.5. The van der Waals surface area contributed by atoms with Crippen LogP contribution in [0.4, 0.5) is 4.79 Å². The average molecular weight is 681 g/mol. The molecule has 0 unspecified atom stereocenters. The Morgan fingerprint density at radius 2 is 1.47 bits per heavy atom. The van der Waals surface area contributed by atoms with E-state index in [4.69, 9.17) is 20.9 Å². The fourth-order valence-electron chi connectivity index (χ4n) is 6.22. The molecule has 11 heteroatoms. The number of rotatable bonds is 17. The van der Waals surface area contributed by atoms with Gasteiger partial charge in [-0.1, -0.05) is 113 Å². The van der Waals surface area contributed by atoms with Gasteiger partial charge in [0.25, 0.3) is 0 Å². The number of nitrogens with one attached hydrogen (secondary N) is 2. The fourth-order valence-corrected chi connectivity index (χ4v) is 6.22. The van der Waals surface area contributed by atoms with Gasteiger partial charge >= 0.3 is 12.1 Å². The van der Waals surface area contributed by atoms with Crippen LogP contribution in [0.5, 0.6) is 0 Å². The summed E-state index contributed by atoms with van der Waals surface area (Å²) < 4.78 is 10.8. The summed E-state index contributed by atoms with van der Waals surface area (Å²) in [6.07, 6.45) is 4.26. The number of alkyl carbamates (subject to hydrolysis) is 1. The maximum absolute atomic E-state index is 14.5. The maximum atomic E-state index is 14.5. The van der Waals surface area contributed by atoms with Crippen molar-refractivity contribution in [1.82, 2.24) is 10.6 Å². The number of nitrogens with two attached hydrogens (primary N) is 2. The van der Waals surface area contributed by atoms with Crippen molar-refractivity contribution in [2.45, 2.75) is 128 Å². The van der Waals surface area contributed by atoms with Crippen molar-refractivity contribution >= 4 is 23.8 Å². The van der Waals surface area contributed by atoms with Crippen molar-refractivity contribution in [1.29, 1.82) is 0 Å². The zero-order chi connectivity index (χ0) is 36.0. The van der Waals surface area contributed by atoms with Crippen molar-refractivity contribution < 1.29 is 33.8 Å². The Morgan fingerprint density at radius 3 is 2.04 bits per heavy atom. The lowest BCUT2D eigenvalue weighted by atomic mass is 9.75. The number of esters is 1. The third-order valence-corrected chi connectivity index (χ3v) is 8.91. The number of aliphatic hydroxyl groups excluding tert-OH is 1. The molecule has 0 spiro atoms. The Balaban J connectivity index is 1.88. The van der Waals surface area contributed by atoms with E-state index in [2.05, 4.69) is 10.6 Å².